The van der Waals surface area contributed by atoms with Crippen molar-refractivity contribution in [1.82, 2.24) is 4.90 Å². The highest BCUT2D eigenvalue weighted by Crippen LogP contribution is 2.39. The van der Waals surface area contributed by atoms with Crippen LogP contribution in [0.15, 0.2) is 65.1 Å². The van der Waals surface area contributed by atoms with Crippen molar-refractivity contribution in [1.29, 1.82) is 0 Å². The maximum atomic E-state index is 12.8. The fraction of sp³-hybridized carbons (Fsp3) is 0.318. The summed E-state index contributed by atoms with van der Waals surface area (Å²) in [6, 6.07) is 18.5. The Kier molecular flexibility index (Phi) is 5.11. The van der Waals surface area contributed by atoms with Crippen molar-refractivity contribution < 1.29 is 9.53 Å². The molecule has 2 aliphatic heterocycles. The van der Waals surface area contributed by atoms with Crippen LogP contribution in [0.4, 0.5) is 4.79 Å². The molecule has 1 saturated heterocycles. The van der Waals surface area contributed by atoms with Gasteiger partial charge in [0, 0.05) is 10.5 Å². The van der Waals surface area contributed by atoms with Crippen molar-refractivity contribution in [3.05, 3.63) is 76.3 Å². The highest BCUT2D eigenvalue weighted by molar-refractivity contribution is 9.10. The van der Waals surface area contributed by atoms with E-state index < -0.39 is 0 Å². The number of piperidine rings is 1. The molecule has 134 valence electrons. The quantitative estimate of drug-likeness (QED) is 0.638. The molecular weight excluding hydrogens is 390 g/mol. The Hall–Kier alpha value is -2.07. The van der Waals surface area contributed by atoms with Crippen LogP contribution in [0, 0.1) is 0 Å². The van der Waals surface area contributed by atoms with Gasteiger partial charge in [-0.3, -0.25) is 4.90 Å². The first-order valence-electron chi connectivity index (χ1n) is 9.17. The van der Waals surface area contributed by atoms with E-state index in [0.29, 0.717) is 6.61 Å². The molecular formula is C22H22BrNO2. The van der Waals surface area contributed by atoms with Crippen LogP contribution in [0.25, 0.3) is 5.57 Å². The SMILES string of the molecule is O=C(OCc1ccccc1)N1C2C=C(c3ccccc3Br)CC1CCC2. The molecule has 2 atom stereocenters. The van der Waals surface area contributed by atoms with E-state index >= 15 is 0 Å². The van der Waals surface area contributed by atoms with E-state index in [0.717, 1.165) is 35.7 Å². The molecule has 3 nitrogen and oxygen atoms in total. The number of benzene rings is 2. The molecule has 0 aliphatic carbocycles. The number of carbonyl (C=O) groups excluding carboxylic acids is 1. The molecule has 2 aliphatic rings. The average Bonchev–Trinajstić information content (AvgIpc) is 2.66. The van der Waals surface area contributed by atoms with E-state index in [-0.39, 0.29) is 18.2 Å². The van der Waals surface area contributed by atoms with Crippen molar-refractivity contribution in [2.75, 3.05) is 0 Å². The summed E-state index contributed by atoms with van der Waals surface area (Å²) in [7, 11) is 0. The van der Waals surface area contributed by atoms with Crippen LogP contribution in [-0.2, 0) is 11.3 Å². The zero-order valence-corrected chi connectivity index (χ0v) is 16.2. The third kappa shape index (κ3) is 3.56. The molecule has 0 N–H and O–H groups in total. The Bertz CT molecular complexity index is 818. The number of nitrogens with zero attached hydrogens (tertiary/aromatic N) is 1. The fourth-order valence-corrected chi connectivity index (χ4v) is 4.57. The first-order valence-corrected chi connectivity index (χ1v) is 9.96. The second-order valence-corrected chi connectivity index (χ2v) is 7.83. The van der Waals surface area contributed by atoms with Crippen molar-refractivity contribution >= 4 is 27.6 Å². The van der Waals surface area contributed by atoms with E-state index in [9.17, 15) is 4.79 Å². The number of carbonyl (C=O) groups is 1. The van der Waals surface area contributed by atoms with Gasteiger partial charge in [-0.25, -0.2) is 4.79 Å². The summed E-state index contributed by atoms with van der Waals surface area (Å²) < 4.78 is 6.73. The van der Waals surface area contributed by atoms with Gasteiger partial charge < -0.3 is 4.74 Å². The van der Waals surface area contributed by atoms with Crippen molar-refractivity contribution in [3.63, 3.8) is 0 Å². The molecule has 4 rings (SSSR count). The number of ether oxygens (including phenoxy) is 1. The second-order valence-electron chi connectivity index (χ2n) is 6.98. The first kappa shape index (κ1) is 17.3. The Morgan fingerprint density at radius 2 is 1.85 bits per heavy atom. The minimum atomic E-state index is -0.189. The highest BCUT2D eigenvalue weighted by Gasteiger charge is 2.38. The van der Waals surface area contributed by atoms with E-state index in [2.05, 4.69) is 40.2 Å². The summed E-state index contributed by atoms with van der Waals surface area (Å²) in [5, 5.41) is 0. The number of halogens is 1. The van der Waals surface area contributed by atoms with Crippen LogP contribution >= 0.6 is 15.9 Å². The number of amides is 1. The van der Waals surface area contributed by atoms with E-state index in [1.165, 1.54) is 11.1 Å². The topological polar surface area (TPSA) is 29.5 Å². The minimum Gasteiger partial charge on any atom is -0.445 e. The fourth-order valence-electron chi connectivity index (χ4n) is 4.03. The summed E-state index contributed by atoms with van der Waals surface area (Å²) >= 11 is 3.66. The molecule has 2 unspecified atom stereocenters. The zero-order valence-electron chi connectivity index (χ0n) is 14.6. The second kappa shape index (κ2) is 7.67. The molecule has 0 spiro atoms. The van der Waals surface area contributed by atoms with Crippen molar-refractivity contribution in [3.8, 4) is 0 Å². The predicted molar refractivity (Wildman–Crippen MR) is 107 cm³/mol. The lowest BCUT2D eigenvalue weighted by Gasteiger charge is -2.44. The maximum absolute atomic E-state index is 12.8. The Labute approximate surface area is 162 Å². The van der Waals surface area contributed by atoms with Crippen LogP contribution in [-0.4, -0.2) is 23.1 Å². The van der Waals surface area contributed by atoms with Gasteiger partial charge in [-0.1, -0.05) is 70.5 Å². The number of hydrogen-bond donors (Lipinski definition) is 0. The van der Waals surface area contributed by atoms with E-state index in [1.54, 1.807) is 0 Å². The molecule has 1 amide bonds. The molecule has 4 heteroatoms. The monoisotopic (exact) mass is 411 g/mol. The largest absolute Gasteiger partial charge is 0.445 e. The van der Waals surface area contributed by atoms with Gasteiger partial charge >= 0.3 is 6.09 Å². The normalized spacial score (nSPS) is 21.9. The highest BCUT2D eigenvalue weighted by atomic mass is 79.9. The lowest BCUT2D eigenvalue weighted by Crippen LogP contribution is -2.51. The van der Waals surface area contributed by atoms with Crippen LogP contribution in [0.1, 0.15) is 36.8 Å². The first-order chi connectivity index (χ1) is 12.7. The molecule has 1 fully saturated rings. The molecule has 2 heterocycles. The Balaban J connectivity index is 1.51. The van der Waals surface area contributed by atoms with Crippen molar-refractivity contribution in [2.24, 2.45) is 0 Å². The van der Waals surface area contributed by atoms with Gasteiger partial charge in [-0.2, -0.15) is 0 Å². The predicted octanol–water partition coefficient (Wildman–Crippen LogP) is 5.80. The molecule has 2 aromatic rings. The van der Waals surface area contributed by atoms with E-state index in [4.69, 9.17) is 4.74 Å². The average molecular weight is 412 g/mol. The van der Waals surface area contributed by atoms with Crippen LogP contribution in [0.2, 0.25) is 0 Å². The molecule has 26 heavy (non-hydrogen) atoms. The third-order valence-corrected chi connectivity index (χ3v) is 5.96. The molecule has 0 aromatic heterocycles. The van der Waals surface area contributed by atoms with Gasteiger partial charge in [0.05, 0.1) is 6.04 Å². The minimum absolute atomic E-state index is 0.132. The van der Waals surface area contributed by atoms with Gasteiger partial charge in [0.1, 0.15) is 6.61 Å². The number of hydrogen-bond acceptors (Lipinski definition) is 2. The zero-order chi connectivity index (χ0) is 17.9. The maximum Gasteiger partial charge on any atom is 0.410 e. The van der Waals surface area contributed by atoms with Gasteiger partial charge in [0.25, 0.3) is 0 Å². The number of rotatable bonds is 3. The summed E-state index contributed by atoms with van der Waals surface area (Å²) in [6.45, 7) is 0.330. The number of fused-ring (bicyclic) bond motifs is 2. The van der Waals surface area contributed by atoms with E-state index in [1.807, 2.05) is 41.3 Å². The summed E-state index contributed by atoms with van der Waals surface area (Å²) in [5.74, 6) is 0. The lowest BCUT2D eigenvalue weighted by atomic mass is 9.83. The van der Waals surface area contributed by atoms with Gasteiger partial charge in [0.2, 0.25) is 0 Å². The van der Waals surface area contributed by atoms with Gasteiger partial charge in [-0.05, 0) is 48.4 Å². The van der Waals surface area contributed by atoms with Gasteiger partial charge in [0.15, 0.2) is 0 Å². The van der Waals surface area contributed by atoms with Crippen LogP contribution in [0.3, 0.4) is 0 Å². The molecule has 0 radical (unpaired) electrons. The summed E-state index contributed by atoms with van der Waals surface area (Å²) in [5.41, 5.74) is 3.59. The van der Waals surface area contributed by atoms with Crippen LogP contribution in [0.5, 0.6) is 0 Å². The summed E-state index contributed by atoms with van der Waals surface area (Å²) in [4.78, 5) is 14.7. The summed E-state index contributed by atoms with van der Waals surface area (Å²) in [6.07, 6.45) is 6.17. The smallest absolute Gasteiger partial charge is 0.410 e. The molecule has 0 saturated carbocycles. The Morgan fingerprint density at radius 3 is 2.62 bits per heavy atom. The standard InChI is InChI=1S/C22H22BrNO2/c23-21-12-5-4-11-20(21)17-13-18-9-6-10-19(14-17)24(18)22(25)26-15-16-7-2-1-3-8-16/h1-5,7-8,11-13,18-19H,6,9-10,14-15H2. The third-order valence-electron chi connectivity index (χ3n) is 5.27. The molecule has 2 bridgehead atoms. The molecule has 2 aromatic carbocycles. The Morgan fingerprint density at radius 1 is 1.08 bits per heavy atom. The van der Waals surface area contributed by atoms with Gasteiger partial charge in [-0.15, -0.1) is 0 Å². The van der Waals surface area contributed by atoms with Crippen LogP contribution < -0.4 is 0 Å². The van der Waals surface area contributed by atoms with Crippen molar-refractivity contribution in [2.45, 2.75) is 44.4 Å². The lowest BCUT2D eigenvalue weighted by molar-refractivity contribution is 0.0510.